The third kappa shape index (κ3) is 3.24. The van der Waals surface area contributed by atoms with Gasteiger partial charge < -0.3 is 15.8 Å². The predicted octanol–water partition coefficient (Wildman–Crippen LogP) is 1.21. The Bertz CT molecular complexity index is 453. The first kappa shape index (κ1) is 13.4. The third-order valence-electron chi connectivity index (χ3n) is 3.47. The van der Waals surface area contributed by atoms with Gasteiger partial charge in [-0.05, 0) is 24.8 Å². The number of rotatable bonds is 4. The van der Waals surface area contributed by atoms with Crippen LogP contribution in [-0.2, 0) is 11.2 Å². The molecule has 5 heteroatoms. The number of hydrogen-bond acceptors (Lipinski definition) is 3. The van der Waals surface area contributed by atoms with Gasteiger partial charge in [0, 0.05) is 13.1 Å². The van der Waals surface area contributed by atoms with Crippen LogP contribution in [0.5, 0.6) is 0 Å². The zero-order valence-corrected chi connectivity index (χ0v) is 10.8. The number of amides is 1. The Kier molecular flexibility index (Phi) is 4.39. The topological polar surface area (TPSA) is 78.9 Å². The Morgan fingerprint density at radius 3 is 2.53 bits per heavy atom. The van der Waals surface area contributed by atoms with Crippen LogP contribution in [0, 0.1) is 5.92 Å². The second-order valence-corrected chi connectivity index (χ2v) is 4.80. The summed E-state index contributed by atoms with van der Waals surface area (Å²) in [5.41, 5.74) is 6.69. The summed E-state index contributed by atoms with van der Waals surface area (Å²) in [4.78, 5) is 14.2. The smallest absolute Gasteiger partial charge is 0.233 e. The lowest BCUT2D eigenvalue weighted by Crippen LogP contribution is -2.41. The number of hydrogen-bond donors (Lipinski definition) is 2. The minimum Gasteiger partial charge on any atom is -0.409 e. The van der Waals surface area contributed by atoms with Crippen molar-refractivity contribution in [1.29, 1.82) is 0 Å². The van der Waals surface area contributed by atoms with E-state index in [1.807, 2.05) is 30.3 Å². The number of carbonyl (C=O) groups is 1. The average Bonchev–Trinajstić information content (AvgIpc) is 2.98. The summed E-state index contributed by atoms with van der Waals surface area (Å²) in [6.45, 7) is 1.53. The van der Waals surface area contributed by atoms with Gasteiger partial charge in [-0.15, -0.1) is 0 Å². The highest BCUT2D eigenvalue weighted by atomic mass is 16.4. The van der Waals surface area contributed by atoms with Gasteiger partial charge in [0.15, 0.2) is 5.84 Å². The van der Waals surface area contributed by atoms with E-state index < -0.39 is 5.92 Å². The number of benzene rings is 1. The van der Waals surface area contributed by atoms with E-state index in [4.69, 9.17) is 10.9 Å². The van der Waals surface area contributed by atoms with E-state index in [1.165, 1.54) is 0 Å². The highest BCUT2D eigenvalue weighted by Gasteiger charge is 2.29. The first-order valence-corrected chi connectivity index (χ1v) is 6.52. The SMILES string of the molecule is NC(=NO)C(Cc1ccccc1)C(=O)N1CCCC1. The van der Waals surface area contributed by atoms with Crippen LogP contribution in [0.1, 0.15) is 18.4 Å². The van der Waals surface area contributed by atoms with Crippen molar-refractivity contribution < 1.29 is 10.0 Å². The van der Waals surface area contributed by atoms with Crippen LogP contribution in [0.4, 0.5) is 0 Å². The van der Waals surface area contributed by atoms with Crippen LogP contribution in [0.15, 0.2) is 35.5 Å². The maximum Gasteiger partial charge on any atom is 0.233 e. The van der Waals surface area contributed by atoms with Crippen molar-refractivity contribution in [1.82, 2.24) is 4.90 Å². The largest absolute Gasteiger partial charge is 0.409 e. The van der Waals surface area contributed by atoms with E-state index in [1.54, 1.807) is 4.90 Å². The number of amidine groups is 1. The molecule has 0 aromatic heterocycles. The molecule has 1 aliphatic heterocycles. The molecule has 0 aliphatic carbocycles. The Labute approximate surface area is 112 Å². The fourth-order valence-electron chi connectivity index (χ4n) is 2.40. The molecule has 0 saturated carbocycles. The molecule has 0 bridgehead atoms. The van der Waals surface area contributed by atoms with Gasteiger partial charge in [-0.1, -0.05) is 35.5 Å². The summed E-state index contributed by atoms with van der Waals surface area (Å²) in [6, 6.07) is 9.63. The highest BCUT2D eigenvalue weighted by Crippen LogP contribution is 2.16. The van der Waals surface area contributed by atoms with Gasteiger partial charge in [-0.2, -0.15) is 0 Å². The molecular formula is C14H19N3O2. The van der Waals surface area contributed by atoms with Crippen LogP contribution in [0.25, 0.3) is 0 Å². The van der Waals surface area contributed by atoms with Crippen LogP contribution < -0.4 is 5.73 Å². The molecular weight excluding hydrogens is 242 g/mol. The first-order valence-electron chi connectivity index (χ1n) is 6.52. The molecule has 1 aromatic carbocycles. The molecule has 1 unspecified atom stereocenters. The second kappa shape index (κ2) is 6.22. The van der Waals surface area contributed by atoms with E-state index in [0.717, 1.165) is 31.5 Å². The average molecular weight is 261 g/mol. The zero-order valence-electron chi connectivity index (χ0n) is 10.8. The summed E-state index contributed by atoms with van der Waals surface area (Å²) < 4.78 is 0. The van der Waals surface area contributed by atoms with Crippen molar-refractivity contribution in [3.63, 3.8) is 0 Å². The number of carbonyl (C=O) groups excluding carboxylic acids is 1. The molecule has 2 rings (SSSR count). The van der Waals surface area contributed by atoms with Crippen molar-refractivity contribution in [3.8, 4) is 0 Å². The molecule has 1 aromatic rings. The molecule has 1 aliphatic rings. The maximum atomic E-state index is 12.4. The normalized spacial score (nSPS) is 17.5. The van der Waals surface area contributed by atoms with Gasteiger partial charge in [-0.3, -0.25) is 4.79 Å². The Hall–Kier alpha value is -2.04. The number of nitrogens with two attached hydrogens (primary N) is 1. The van der Waals surface area contributed by atoms with E-state index in [2.05, 4.69) is 5.16 Å². The summed E-state index contributed by atoms with van der Waals surface area (Å²) in [7, 11) is 0. The molecule has 102 valence electrons. The van der Waals surface area contributed by atoms with E-state index >= 15 is 0 Å². The van der Waals surface area contributed by atoms with E-state index in [0.29, 0.717) is 6.42 Å². The standard InChI is InChI=1S/C14H19N3O2/c15-13(16-19)12(10-11-6-2-1-3-7-11)14(18)17-8-4-5-9-17/h1-3,6-7,12,19H,4-5,8-10H2,(H2,15,16). The fourth-order valence-corrected chi connectivity index (χ4v) is 2.40. The molecule has 1 fully saturated rings. The number of likely N-dealkylation sites (tertiary alicyclic amines) is 1. The van der Waals surface area contributed by atoms with Crippen LogP contribution in [-0.4, -0.2) is 34.9 Å². The molecule has 5 nitrogen and oxygen atoms in total. The maximum absolute atomic E-state index is 12.4. The van der Waals surface area contributed by atoms with Gasteiger partial charge >= 0.3 is 0 Å². The Morgan fingerprint density at radius 2 is 1.95 bits per heavy atom. The fraction of sp³-hybridized carbons (Fsp3) is 0.429. The molecule has 1 saturated heterocycles. The van der Waals surface area contributed by atoms with Crippen LogP contribution >= 0.6 is 0 Å². The Balaban J connectivity index is 2.14. The number of oxime groups is 1. The van der Waals surface area contributed by atoms with Gasteiger partial charge in [0.25, 0.3) is 0 Å². The summed E-state index contributed by atoms with van der Waals surface area (Å²) in [6.07, 6.45) is 2.52. The van der Waals surface area contributed by atoms with Gasteiger partial charge in [0.1, 0.15) is 5.92 Å². The predicted molar refractivity (Wildman–Crippen MR) is 72.9 cm³/mol. The minimum absolute atomic E-state index is 0.0132. The van der Waals surface area contributed by atoms with E-state index in [9.17, 15) is 4.79 Å². The van der Waals surface area contributed by atoms with Gasteiger partial charge in [0.2, 0.25) is 5.91 Å². The lowest BCUT2D eigenvalue weighted by atomic mass is 9.97. The van der Waals surface area contributed by atoms with Gasteiger partial charge in [0.05, 0.1) is 0 Å². The van der Waals surface area contributed by atoms with Crippen molar-refractivity contribution in [3.05, 3.63) is 35.9 Å². The van der Waals surface area contributed by atoms with Crippen molar-refractivity contribution in [2.45, 2.75) is 19.3 Å². The molecule has 0 radical (unpaired) electrons. The van der Waals surface area contributed by atoms with Crippen LogP contribution in [0.3, 0.4) is 0 Å². The lowest BCUT2D eigenvalue weighted by molar-refractivity contribution is -0.132. The molecule has 3 N–H and O–H groups in total. The summed E-state index contributed by atoms with van der Waals surface area (Å²) >= 11 is 0. The molecule has 1 amide bonds. The molecule has 1 atom stereocenters. The van der Waals surface area contributed by atoms with Crippen molar-refractivity contribution in [2.24, 2.45) is 16.8 Å². The molecule has 19 heavy (non-hydrogen) atoms. The van der Waals surface area contributed by atoms with E-state index in [-0.39, 0.29) is 11.7 Å². The summed E-state index contributed by atoms with van der Waals surface area (Å²) in [5.74, 6) is -0.636. The number of nitrogens with zero attached hydrogens (tertiary/aromatic N) is 2. The van der Waals surface area contributed by atoms with Crippen molar-refractivity contribution in [2.75, 3.05) is 13.1 Å². The molecule has 0 spiro atoms. The summed E-state index contributed by atoms with van der Waals surface area (Å²) in [5, 5.41) is 11.9. The minimum atomic E-state index is -0.578. The molecule has 1 heterocycles. The zero-order chi connectivity index (χ0) is 13.7. The van der Waals surface area contributed by atoms with Gasteiger partial charge in [-0.25, -0.2) is 0 Å². The monoisotopic (exact) mass is 261 g/mol. The Morgan fingerprint density at radius 1 is 1.32 bits per heavy atom. The third-order valence-corrected chi connectivity index (χ3v) is 3.47. The highest BCUT2D eigenvalue weighted by molar-refractivity contribution is 6.02. The first-order chi connectivity index (χ1) is 9.22. The second-order valence-electron chi connectivity index (χ2n) is 4.80. The van der Waals surface area contributed by atoms with Crippen LogP contribution in [0.2, 0.25) is 0 Å². The van der Waals surface area contributed by atoms with Crippen molar-refractivity contribution >= 4 is 11.7 Å². The lowest BCUT2D eigenvalue weighted by Gasteiger charge is -2.22. The quantitative estimate of drug-likeness (QED) is 0.370.